The van der Waals surface area contributed by atoms with Gasteiger partial charge in [-0.3, -0.25) is 14.8 Å². The molecule has 0 fully saturated rings. The van der Waals surface area contributed by atoms with Gasteiger partial charge in [0.05, 0.1) is 11.9 Å². The van der Waals surface area contributed by atoms with E-state index in [2.05, 4.69) is 20.3 Å². The molecule has 0 saturated carbocycles. The smallest absolute Gasteiger partial charge is 0.255 e. The van der Waals surface area contributed by atoms with E-state index in [1.165, 1.54) is 6.20 Å². The number of nitrogens with one attached hydrogen (secondary N) is 2. The maximum Gasteiger partial charge on any atom is 0.255 e. The molecule has 2 aromatic heterocycles. The monoisotopic (exact) mass is 202 g/mol. The molecule has 0 aliphatic rings. The Morgan fingerprint density at radius 1 is 1.40 bits per heavy atom. The highest BCUT2D eigenvalue weighted by molar-refractivity contribution is 5.50. The van der Waals surface area contributed by atoms with Crippen molar-refractivity contribution in [3.63, 3.8) is 0 Å². The summed E-state index contributed by atoms with van der Waals surface area (Å²) in [4.78, 5) is 21.9. The average Bonchev–Trinajstić information content (AvgIpc) is 2.25. The molecule has 0 aliphatic carbocycles. The van der Waals surface area contributed by atoms with Gasteiger partial charge in [-0.1, -0.05) is 0 Å². The molecule has 15 heavy (non-hydrogen) atoms. The first-order valence-corrected chi connectivity index (χ1v) is 4.49. The number of hydrogen-bond acceptors (Lipinski definition) is 4. The van der Waals surface area contributed by atoms with Crippen molar-refractivity contribution >= 4 is 11.6 Å². The van der Waals surface area contributed by atoms with E-state index >= 15 is 0 Å². The van der Waals surface area contributed by atoms with Crippen molar-refractivity contribution in [3.05, 3.63) is 46.6 Å². The molecule has 0 amide bonds. The molecule has 0 aliphatic heterocycles. The Morgan fingerprint density at radius 3 is 2.93 bits per heavy atom. The largest absolute Gasteiger partial charge is 0.324 e. The van der Waals surface area contributed by atoms with E-state index < -0.39 is 0 Å². The third kappa shape index (κ3) is 2.19. The van der Waals surface area contributed by atoms with Crippen LogP contribution in [0.2, 0.25) is 0 Å². The SMILES string of the molecule is Cc1cnc(Nc2cccnc2)[nH]c1=O. The predicted octanol–water partition coefficient (Wildman–Crippen LogP) is 1.22. The molecule has 0 bridgehead atoms. The first kappa shape index (κ1) is 9.39. The molecule has 0 spiro atoms. The van der Waals surface area contributed by atoms with E-state index in [0.29, 0.717) is 11.5 Å². The van der Waals surface area contributed by atoms with Crippen molar-refractivity contribution in [1.29, 1.82) is 0 Å². The number of H-pyrrole nitrogens is 1. The summed E-state index contributed by atoms with van der Waals surface area (Å²) in [6, 6.07) is 3.64. The Balaban J connectivity index is 2.26. The van der Waals surface area contributed by atoms with E-state index in [0.717, 1.165) is 5.69 Å². The molecule has 2 rings (SSSR count). The molecule has 2 heterocycles. The number of rotatable bonds is 2. The van der Waals surface area contributed by atoms with E-state index in [-0.39, 0.29) is 5.56 Å². The Hall–Kier alpha value is -2.17. The zero-order valence-corrected chi connectivity index (χ0v) is 8.19. The highest BCUT2D eigenvalue weighted by atomic mass is 16.1. The van der Waals surface area contributed by atoms with Crippen molar-refractivity contribution < 1.29 is 0 Å². The molecule has 5 nitrogen and oxygen atoms in total. The van der Waals surface area contributed by atoms with E-state index in [1.807, 2.05) is 6.07 Å². The van der Waals surface area contributed by atoms with E-state index in [4.69, 9.17) is 0 Å². The molecule has 0 atom stereocenters. The van der Waals surface area contributed by atoms with Gasteiger partial charge in [0.2, 0.25) is 5.95 Å². The van der Waals surface area contributed by atoms with Gasteiger partial charge in [0, 0.05) is 18.0 Å². The standard InChI is InChI=1S/C10H10N4O/c1-7-5-12-10(14-9(7)15)13-8-3-2-4-11-6-8/h2-6H,1H3,(H2,12,13,14,15). The Labute approximate surface area is 86.2 Å². The van der Waals surface area contributed by atoms with Crippen LogP contribution in [-0.4, -0.2) is 15.0 Å². The normalized spacial score (nSPS) is 9.93. The molecular weight excluding hydrogens is 192 g/mol. The molecule has 2 N–H and O–H groups in total. The zero-order valence-electron chi connectivity index (χ0n) is 8.19. The molecule has 76 valence electrons. The molecule has 0 aromatic carbocycles. The van der Waals surface area contributed by atoms with Gasteiger partial charge >= 0.3 is 0 Å². The zero-order chi connectivity index (χ0) is 10.7. The van der Waals surface area contributed by atoms with Gasteiger partial charge in [0.15, 0.2) is 0 Å². The van der Waals surface area contributed by atoms with Gasteiger partial charge in [0.1, 0.15) is 0 Å². The second-order valence-electron chi connectivity index (χ2n) is 3.11. The van der Waals surface area contributed by atoms with Gasteiger partial charge in [-0.2, -0.15) is 0 Å². The van der Waals surface area contributed by atoms with Crippen molar-refractivity contribution in [2.45, 2.75) is 6.92 Å². The number of aromatic amines is 1. The van der Waals surface area contributed by atoms with Crippen LogP contribution in [0.4, 0.5) is 11.6 Å². The third-order valence-electron chi connectivity index (χ3n) is 1.90. The summed E-state index contributed by atoms with van der Waals surface area (Å²) in [5.74, 6) is 0.415. The lowest BCUT2D eigenvalue weighted by molar-refractivity contribution is 1.08. The van der Waals surface area contributed by atoms with Crippen LogP contribution in [0.15, 0.2) is 35.5 Å². The van der Waals surface area contributed by atoms with Gasteiger partial charge in [0.25, 0.3) is 5.56 Å². The second-order valence-corrected chi connectivity index (χ2v) is 3.11. The summed E-state index contributed by atoms with van der Waals surface area (Å²) in [5, 5.41) is 2.94. The molecule has 5 heteroatoms. The van der Waals surface area contributed by atoms with Crippen LogP contribution in [0, 0.1) is 6.92 Å². The Morgan fingerprint density at radius 2 is 2.27 bits per heavy atom. The van der Waals surface area contributed by atoms with Gasteiger partial charge in [-0.15, -0.1) is 0 Å². The van der Waals surface area contributed by atoms with Crippen LogP contribution >= 0.6 is 0 Å². The Bertz CT molecular complexity index is 506. The van der Waals surface area contributed by atoms with Crippen LogP contribution < -0.4 is 10.9 Å². The van der Waals surface area contributed by atoms with Crippen LogP contribution in [0.1, 0.15) is 5.56 Å². The van der Waals surface area contributed by atoms with Gasteiger partial charge in [-0.25, -0.2) is 4.98 Å². The minimum Gasteiger partial charge on any atom is -0.324 e. The number of aryl methyl sites for hydroxylation is 1. The summed E-state index contributed by atoms with van der Waals surface area (Å²) in [6.07, 6.45) is 4.86. The summed E-state index contributed by atoms with van der Waals surface area (Å²) in [6.45, 7) is 1.71. The lowest BCUT2D eigenvalue weighted by atomic mass is 10.4. The molecule has 2 aromatic rings. The number of nitrogens with zero attached hydrogens (tertiary/aromatic N) is 2. The fourth-order valence-electron chi connectivity index (χ4n) is 1.10. The van der Waals surface area contributed by atoms with E-state index in [1.54, 1.807) is 25.4 Å². The molecule has 0 unspecified atom stereocenters. The minimum absolute atomic E-state index is 0.142. The van der Waals surface area contributed by atoms with Crippen LogP contribution in [0.3, 0.4) is 0 Å². The minimum atomic E-state index is -0.142. The maximum atomic E-state index is 11.3. The summed E-state index contributed by atoms with van der Waals surface area (Å²) in [7, 11) is 0. The van der Waals surface area contributed by atoms with Gasteiger partial charge in [-0.05, 0) is 19.1 Å². The first-order chi connectivity index (χ1) is 7.25. The quantitative estimate of drug-likeness (QED) is 0.768. The van der Waals surface area contributed by atoms with Crippen LogP contribution in [0.5, 0.6) is 0 Å². The number of hydrogen-bond donors (Lipinski definition) is 2. The third-order valence-corrected chi connectivity index (χ3v) is 1.90. The molecule has 0 saturated heterocycles. The summed E-state index contributed by atoms with van der Waals surface area (Å²) in [5.41, 5.74) is 1.23. The maximum absolute atomic E-state index is 11.3. The van der Waals surface area contributed by atoms with E-state index in [9.17, 15) is 4.79 Å². The highest BCUT2D eigenvalue weighted by Crippen LogP contribution is 2.08. The first-order valence-electron chi connectivity index (χ1n) is 4.49. The number of anilines is 2. The Kier molecular flexibility index (Phi) is 2.45. The fourth-order valence-corrected chi connectivity index (χ4v) is 1.10. The van der Waals surface area contributed by atoms with Crippen molar-refractivity contribution in [3.8, 4) is 0 Å². The predicted molar refractivity (Wildman–Crippen MR) is 57.1 cm³/mol. The molecule has 0 radical (unpaired) electrons. The molecular formula is C10H10N4O. The van der Waals surface area contributed by atoms with Crippen molar-refractivity contribution in [1.82, 2.24) is 15.0 Å². The summed E-state index contributed by atoms with van der Waals surface area (Å²) < 4.78 is 0. The summed E-state index contributed by atoms with van der Waals surface area (Å²) >= 11 is 0. The topological polar surface area (TPSA) is 70.7 Å². The average molecular weight is 202 g/mol. The lowest BCUT2D eigenvalue weighted by Gasteiger charge is -2.03. The lowest BCUT2D eigenvalue weighted by Crippen LogP contribution is -2.12. The number of pyridine rings is 1. The highest BCUT2D eigenvalue weighted by Gasteiger charge is 1.98. The second kappa shape index (κ2) is 3.91. The van der Waals surface area contributed by atoms with Crippen molar-refractivity contribution in [2.75, 3.05) is 5.32 Å². The number of aromatic nitrogens is 3. The van der Waals surface area contributed by atoms with Gasteiger partial charge < -0.3 is 5.32 Å². The van der Waals surface area contributed by atoms with Crippen molar-refractivity contribution in [2.24, 2.45) is 0 Å². The van der Waals surface area contributed by atoms with Crippen LogP contribution in [0.25, 0.3) is 0 Å². The fraction of sp³-hybridized carbons (Fsp3) is 0.100. The van der Waals surface area contributed by atoms with Crippen LogP contribution in [-0.2, 0) is 0 Å².